The largest absolute Gasteiger partial charge is 0.458 e. The van der Waals surface area contributed by atoms with Crippen LogP contribution in [-0.4, -0.2) is 195 Å². The van der Waals surface area contributed by atoms with E-state index in [9.17, 15) is 33.6 Å². The topological polar surface area (TPSA) is 378 Å². The van der Waals surface area contributed by atoms with Crippen molar-refractivity contribution in [2.24, 2.45) is 35.5 Å². The van der Waals surface area contributed by atoms with Crippen LogP contribution in [0.25, 0.3) is 22.6 Å². The molecule has 1 aromatic carbocycles. The number of hydrogen-bond acceptors (Lipinski definition) is 18. The van der Waals surface area contributed by atoms with E-state index < -0.39 is 202 Å². The number of benzene rings is 2. The number of cyclic esters (lactones) is 2. The quantitative estimate of drug-likeness (QED) is 0.0688. The van der Waals surface area contributed by atoms with E-state index in [0.717, 1.165) is 0 Å². The van der Waals surface area contributed by atoms with Crippen LogP contribution in [0.5, 0.6) is 0 Å². The van der Waals surface area contributed by atoms with Crippen molar-refractivity contribution in [1.82, 2.24) is 56.5 Å². The molecule has 7 rings (SSSR count). The number of amides is 10. The first-order valence-corrected chi connectivity index (χ1v) is 34.5. The molecule has 4 unspecified atom stereocenters. The maximum Gasteiger partial charge on any atom is 0.332 e. The number of aryl methyl sites for hydroxylation is 1. The smallest absolute Gasteiger partial charge is 0.332 e. The second kappa shape index (κ2) is 31.0. The van der Waals surface area contributed by atoms with Crippen molar-refractivity contribution >= 4 is 87.8 Å². The fraction of sp³-hybridized carbons (Fsp3) is 0.657. The Balaban J connectivity index is 1.37. The van der Waals surface area contributed by atoms with Crippen LogP contribution in [0.3, 0.4) is 0 Å². The third-order valence-electron chi connectivity index (χ3n) is 21.2. The maximum absolute atomic E-state index is 15.5. The molecular formula is C70H102N12O16. The van der Waals surface area contributed by atoms with E-state index >= 15 is 28.8 Å². The van der Waals surface area contributed by atoms with Crippen molar-refractivity contribution in [1.29, 1.82) is 0 Å². The molecule has 0 radical (unpaired) electrons. The molecule has 0 bridgehead atoms. The van der Waals surface area contributed by atoms with Gasteiger partial charge in [-0.2, -0.15) is 0 Å². The summed E-state index contributed by atoms with van der Waals surface area (Å²) in [6.45, 7) is 26.1. The Labute approximate surface area is 572 Å². The van der Waals surface area contributed by atoms with E-state index in [0.29, 0.717) is 44.1 Å². The second-order valence-electron chi connectivity index (χ2n) is 28.1. The normalized spacial score (nSPS) is 27.6. The van der Waals surface area contributed by atoms with E-state index in [2.05, 4.69) is 31.9 Å². The summed E-state index contributed by atoms with van der Waals surface area (Å²) in [6, 6.07) is -5.45. The van der Waals surface area contributed by atoms with Crippen LogP contribution >= 0.6 is 0 Å². The predicted molar refractivity (Wildman–Crippen MR) is 362 cm³/mol. The number of rotatable bonds is 14. The minimum atomic E-state index is -1.91. The molecule has 10 amide bonds. The van der Waals surface area contributed by atoms with Crippen LogP contribution in [0.1, 0.15) is 180 Å². The summed E-state index contributed by atoms with van der Waals surface area (Å²) in [4.78, 5) is 202. The molecule has 98 heavy (non-hydrogen) atoms. The fourth-order valence-electron chi connectivity index (χ4n) is 14.2. The van der Waals surface area contributed by atoms with Crippen LogP contribution in [0, 0.1) is 49.4 Å². The summed E-state index contributed by atoms with van der Waals surface area (Å²) >= 11 is 0. The summed E-state index contributed by atoms with van der Waals surface area (Å²) in [7, 11) is 2.87. The van der Waals surface area contributed by atoms with Gasteiger partial charge in [0.1, 0.15) is 70.7 Å². The number of hydrogen-bond donors (Lipinski definition) is 7. The molecule has 5 heterocycles. The number of anilines is 1. The van der Waals surface area contributed by atoms with Crippen molar-refractivity contribution in [3.05, 3.63) is 44.6 Å². The molecule has 5 aliphatic heterocycles. The number of aromatic nitrogens is 1. The standard InChI is InChI=1S/C70H102N12O16/c1-19-35(9)50-65(92)81-29-23-25-44(81)63(90)79(17)31-46(83)77-69(33(5)6,38(12)21-3)67(94)96-41(15)52(61(88)73-50)75-59(86)43-28-27-37(11)57-54(43)72-55-48(49(71)56(85)40(14)58(55)98-57)60(87)76-53-42(16)97-68(95)70(34(7)8,39(13)22-4)78-47(84)32-80(18)64(91)45-26-24-30-82(45)66(93)51(36(10)20-2)74-62(53)89/h27-28,33-36,38-39,41-42,44-45,50-53H,19-26,29-32,71H2,1-18H3,(H,73,88)(H,74,89)(H,75,86)(H,76,87)(H,77,83)(H,78,84)/t35?,36?,38?,39?,41-,42-,44+,45+,50-,51-,52+,53+,69-,70-/m1/s1. The van der Waals surface area contributed by atoms with Gasteiger partial charge >= 0.3 is 11.9 Å². The average molecular weight is 1370 g/mol. The number of nitrogen functional groups attached to an aromatic ring is 1. The minimum Gasteiger partial charge on any atom is -0.458 e. The van der Waals surface area contributed by atoms with Crippen molar-refractivity contribution < 1.29 is 71.4 Å². The first-order valence-electron chi connectivity index (χ1n) is 34.5. The molecule has 28 nitrogen and oxygen atoms in total. The molecule has 8 N–H and O–H groups in total. The Morgan fingerprint density at radius 1 is 0.622 bits per heavy atom. The Morgan fingerprint density at radius 2 is 1.04 bits per heavy atom. The summed E-state index contributed by atoms with van der Waals surface area (Å²) < 4.78 is 18.9. The van der Waals surface area contributed by atoms with Crippen molar-refractivity contribution in [3.63, 3.8) is 0 Å². The Morgan fingerprint density at radius 3 is 1.44 bits per heavy atom. The highest BCUT2D eigenvalue weighted by Crippen LogP contribution is 2.37. The van der Waals surface area contributed by atoms with Crippen molar-refractivity contribution in [2.45, 2.75) is 222 Å². The van der Waals surface area contributed by atoms with Crippen LogP contribution in [0.2, 0.25) is 0 Å². The van der Waals surface area contributed by atoms with E-state index in [1.54, 1.807) is 76.2 Å². The van der Waals surface area contributed by atoms with Gasteiger partial charge < -0.3 is 71.1 Å². The van der Waals surface area contributed by atoms with Gasteiger partial charge in [0.2, 0.25) is 52.7 Å². The molecular weight excluding hydrogens is 1260 g/mol. The zero-order valence-electron chi connectivity index (χ0n) is 60.1. The molecule has 4 fully saturated rings. The Bertz CT molecular complexity index is 3650. The SMILES string of the molecule is CCC(C)[C@H]1NC(=O)[C@@H](NC(=O)c2c3nc4c(C(=O)N[C@@H]5C(=O)N[C@H](C(C)CC)C(=O)N6CCC[C@H]6C(=O)N(C)CC(=O)N[C@](C(C)C)(C(C)CC)C(=O)O[C@@H]5C)ccc(C)c4oc-3c(C)c(=O)c2N)[C@@H](C)OC(=O)[C@@](C(C)C)(C(C)CC)NC(=O)CN(C)C(=O)[C@@H]2CCCN2C1=O. The molecule has 6 aliphatic rings. The van der Waals surface area contributed by atoms with Gasteiger partial charge in [-0.25, -0.2) is 14.6 Å². The maximum atomic E-state index is 15.5. The lowest BCUT2D eigenvalue weighted by molar-refractivity contribution is -0.167. The molecule has 538 valence electrons. The van der Waals surface area contributed by atoms with Gasteiger partial charge in [-0.15, -0.1) is 0 Å². The van der Waals surface area contributed by atoms with Crippen LogP contribution in [-0.2, 0) is 57.4 Å². The number of nitrogens with one attached hydrogen (secondary N) is 6. The second-order valence-corrected chi connectivity index (χ2v) is 28.1. The number of carbonyl (C=O) groups excluding carboxylic acids is 12. The number of esters is 2. The molecule has 4 saturated heterocycles. The monoisotopic (exact) mass is 1370 g/mol. The number of ether oxygens (including phenoxy) is 2. The highest BCUT2D eigenvalue weighted by molar-refractivity contribution is 6.10. The third-order valence-corrected chi connectivity index (χ3v) is 21.2. The van der Waals surface area contributed by atoms with Gasteiger partial charge in [0, 0.05) is 32.7 Å². The molecule has 1 aliphatic carbocycles. The van der Waals surface area contributed by atoms with E-state index in [1.807, 2.05) is 13.8 Å². The van der Waals surface area contributed by atoms with Gasteiger partial charge in [0.15, 0.2) is 11.3 Å². The molecule has 1 aromatic rings. The highest BCUT2D eigenvalue weighted by Gasteiger charge is 2.53. The summed E-state index contributed by atoms with van der Waals surface area (Å²) in [5.74, 6) is -13.7. The molecule has 28 heteroatoms. The van der Waals surface area contributed by atoms with Crippen LogP contribution in [0.15, 0.2) is 21.3 Å². The van der Waals surface area contributed by atoms with Crippen molar-refractivity contribution in [2.75, 3.05) is 46.0 Å². The summed E-state index contributed by atoms with van der Waals surface area (Å²) in [5, 5.41) is 16.8. The number of nitrogens with two attached hydrogens (primary N) is 1. The lowest BCUT2D eigenvalue weighted by Gasteiger charge is -2.42. The third kappa shape index (κ3) is 14.7. The van der Waals surface area contributed by atoms with Crippen molar-refractivity contribution in [3.8, 4) is 11.5 Å². The summed E-state index contributed by atoms with van der Waals surface area (Å²) in [5.41, 5.74) is 0.156. The number of likely N-dealkylation sites (N-methyl/N-ethyl adjacent to an activating group) is 2. The van der Waals surface area contributed by atoms with Gasteiger partial charge in [-0.05, 0) is 101 Å². The molecule has 0 spiro atoms. The van der Waals surface area contributed by atoms with E-state index in [-0.39, 0.29) is 53.9 Å². The number of carbonyl (C=O) groups is 12. The van der Waals surface area contributed by atoms with E-state index in [1.165, 1.54) is 66.6 Å². The van der Waals surface area contributed by atoms with Gasteiger partial charge in [0.05, 0.1) is 29.9 Å². The van der Waals surface area contributed by atoms with Crippen LogP contribution in [0.4, 0.5) is 5.69 Å². The molecule has 14 atom stereocenters. The number of nitrogens with zero attached hydrogens (tertiary/aromatic N) is 5. The summed E-state index contributed by atoms with van der Waals surface area (Å²) in [6.07, 6.45) is -0.337. The first-order chi connectivity index (χ1) is 46.0. The van der Waals surface area contributed by atoms with Gasteiger partial charge in [0.25, 0.3) is 11.8 Å². The fourth-order valence-corrected chi connectivity index (χ4v) is 14.2. The van der Waals surface area contributed by atoms with Gasteiger partial charge in [-0.3, -0.25) is 52.7 Å². The van der Waals surface area contributed by atoms with Crippen LogP contribution < -0.4 is 43.1 Å². The zero-order chi connectivity index (χ0) is 73.1. The lowest BCUT2D eigenvalue weighted by Crippen LogP contribution is -2.66. The average Bonchev–Trinajstić information content (AvgIpc) is 0.888. The zero-order valence-corrected chi connectivity index (χ0v) is 60.1. The first kappa shape index (κ1) is 76.6. The predicted octanol–water partition coefficient (Wildman–Crippen LogP) is 3.65. The highest BCUT2D eigenvalue weighted by atomic mass is 16.6. The Kier molecular flexibility index (Phi) is 24.2. The van der Waals surface area contributed by atoms with E-state index in [4.69, 9.17) is 24.6 Å². The molecule has 0 saturated carbocycles. The molecule has 0 aromatic heterocycles. The van der Waals surface area contributed by atoms with Gasteiger partial charge in [-0.1, -0.05) is 115 Å². The minimum absolute atomic E-state index is 0.0756. The number of fused-ring (bicyclic) bond motifs is 4. The Hall–Kier alpha value is -8.72. The lowest BCUT2D eigenvalue weighted by atomic mass is 9.74.